The topological polar surface area (TPSA) is 96.9 Å². The molecule has 2 aromatic rings. The van der Waals surface area contributed by atoms with E-state index in [1.807, 2.05) is 19.1 Å². The average molecular weight is 362 g/mol. The Balaban J connectivity index is 2.14. The van der Waals surface area contributed by atoms with Crippen LogP contribution < -0.4 is 11.2 Å². The third-order valence-corrected chi connectivity index (χ3v) is 5.35. The Morgan fingerprint density at radius 3 is 2.52 bits per heavy atom. The second kappa shape index (κ2) is 5.99. The number of aromatic hydroxyl groups is 1. The summed E-state index contributed by atoms with van der Waals surface area (Å²) in [5.74, 6) is -0.703. The largest absolute Gasteiger partial charge is 0.494 e. The van der Waals surface area contributed by atoms with E-state index in [2.05, 4.69) is 5.10 Å². The standard InChI is InChI=1S/C16H18N4O4S/c1-8-5-6-12(25-8)11-7-10(17-20(11)9(2)21)13-14(22)18(3)16(24)19(4)15(13)23/h5-6,11,22H,7H2,1-4H3. The van der Waals surface area contributed by atoms with Gasteiger partial charge in [0.1, 0.15) is 5.56 Å². The zero-order valence-corrected chi connectivity index (χ0v) is 15.1. The minimum atomic E-state index is -0.633. The van der Waals surface area contributed by atoms with Gasteiger partial charge in [-0.2, -0.15) is 5.10 Å². The normalized spacial score (nSPS) is 17.0. The van der Waals surface area contributed by atoms with Crippen LogP contribution >= 0.6 is 11.3 Å². The minimum Gasteiger partial charge on any atom is -0.494 e. The Morgan fingerprint density at radius 1 is 1.28 bits per heavy atom. The van der Waals surface area contributed by atoms with Crippen molar-refractivity contribution >= 4 is 23.0 Å². The highest BCUT2D eigenvalue weighted by atomic mass is 32.1. The lowest BCUT2D eigenvalue weighted by atomic mass is 10.0. The molecule has 0 saturated carbocycles. The maximum absolute atomic E-state index is 12.5. The maximum Gasteiger partial charge on any atom is 0.333 e. The number of aryl methyl sites for hydroxylation is 1. The van der Waals surface area contributed by atoms with E-state index in [0.717, 1.165) is 18.9 Å². The van der Waals surface area contributed by atoms with Crippen molar-refractivity contribution in [3.05, 3.63) is 48.3 Å². The summed E-state index contributed by atoms with van der Waals surface area (Å²) in [6.07, 6.45) is 0.292. The van der Waals surface area contributed by atoms with Gasteiger partial charge < -0.3 is 5.11 Å². The highest BCUT2D eigenvalue weighted by molar-refractivity contribution is 7.12. The summed E-state index contributed by atoms with van der Waals surface area (Å²) in [5, 5.41) is 15.9. The second-order valence-electron chi connectivity index (χ2n) is 5.98. The van der Waals surface area contributed by atoms with E-state index in [1.54, 1.807) is 11.3 Å². The van der Waals surface area contributed by atoms with Gasteiger partial charge in [0.2, 0.25) is 11.8 Å². The number of aromatic nitrogens is 2. The van der Waals surface area contributed by atoms with Gasteiger partial charge in [-0.25, -0.2) is 9.80 Å². The Bertz CT molecular complexity index is 1010. The molecule has 9 heteroatoms. The first-order valence-corrected chi connectivity index (χ1v) is 8.47. The number of amides is 1. The van der Waals surface area contributed by atoms with E-state index in [4.69, 9.17) is 0 Å². The van der Waals surface area contributed by atoms with Crippen LogP contribution in [0.4, 0.5) is 0 Å². The van der Waals surface area contributed by atoms with Crippen LogP contribution in [0, 0.1) is 6.92 Å². The van der Waals surface area contributed by atoms with Crippen molar-refractivity contribution in [3.8, 4) is 5.88 Å². The lowest BCUT2D eigenvalue weighted by Gasteiger charge is -2.18. The summed E-state index contributed by atoms with van der Waals surface area (Å²) < 4.78 is 1.90. The maximum atomic E-state index is 12.5. The number of hydrazone groups is 1. The summed E-state index contributed by atoms with van der Waals surface area (Å²) in [7, 11) is 2.71. The van der Waals surface area contributed by atoms with Crippen molar-refractivity contribution in [1.82, 2.24) is 14.1 Å². The molecule has 0 bridgehead atoms. The molecule has 0 spiro atoms. The van der Waals surface area contributed by atoms with Crippen LogP contribution in [0.3, 0.4) is 0 Å². The predicted octanol–water partition coefficient (Wildman–Crippen LogP) is 0.857. The van der Waals surface area contributed by atoms with Gasteiger partial charge in [-0.05, 0) is 19.1 Å². The monoisotopic (exact) mass is 362 g/mol. The number of carbonyl (C=O) groups is 1. The molecule has 3 heterocycles. The van der Waals surface area contributed by atoms with Crippen LogP contribution in [-0.4, -0.2) is 30.9 Å². The molecule has 3 rings (SSSR count). The lowest BCUT2D eigenvalue weighted by molar-refractivity contribution is -0.130. The number of hydrogen-bond acceptors (Lipinski definition) is 6. The first-order chi connectivity index (χ1) is 11.7. The molecule has 1 aliphatic heterocycles. The quantitative estimate of drug-likeness (QED) is 0.857. The number of rotatable bonds is 2. The van der Waals surface area contributed by atoms with E-state index >= 15 is 0 Å². The minimum absolute atomic E-state index is 0.0494. The van der Waals surface area contributed by atoms with Crippen molar-refractivity contribution in [3.63, 3.8) is 0 Å². The molecule has 1 atom stereocenters. The van der Waals surface area contributed by atoms with Gasteiger partial charge in [-0.1, -0.05) is 0 Å². The zero-order chi connectivity index (χ0) is 18.5. The first-order valence-electron chi connectivity index (χ1n) is 7.65. The molecule has 8 nitrogen and oxygen atoms in total. The van der Waals surface area contributed by atoms with Crippen LogP contribution in [0.1, 0.15) is 34.7 Å². The van der Waals surface area contributed by atoms with Gasteiger partial charge in [0.05, 0.1) is 11.8 Å². The van der Waals surface area contributed by atoms with E-state index in [-0.39, 0.29) is 17.5 Å². The SMILES string of the molecule is CC(=O)N1N=C(c2c(O)n(C)c(=O)n(C)c2=O)CC1c1ccc(C)s1. The van der Waals surface area contributed by atoms with Crippen LogP contribution in [0.25, 0.3) is 0 Å². The smallest absolute Gasteiger partial charge is 0.333 e. The van der Waals surface area contributed by atoms with Crippen LogP contribution in [0.2, 0.25) is 0 Å². The summed E-state index contributed by atoms with van der Waals surface area (Å²) >= 11 is 1.55. The Hall–Kier alpha value is -2.68. The lowest BCUT2D eigenvalue weighted by Crippen LogP contribution is -2.39. The summed E-state index contributed by atoms with van der Waals surface area (Å²) in [5.41, 5.74) is -1.02. The predicted molar refractivity (Wildman–Crippen MR) is 94.1 cm³/mol. The van der Waals surface area contributed by atoms with Crippen molar-refractivity contribution in [1.29, 1.82) is 0 Å². The van der Waals surface area contributed by atoms with E-state index in [1.165, 1.54) is 26.0 Å². The van der Waals surface area contributed by atoms with Gasteiger partial charge in [0.15, 0.2) is 0 Å². The Morgan fingerprint density at radius 2 is 1.96 bits per heavy atom. The third-order valence-electron chi connectivity index (χ3n) is 4.24. The molecule has 0 saturated heterocycles. The molecule has 1 N–H and O–H groups in total. The van der Waals surface area contributed by atoms with Crippen molar-refractivity contribution in [2.75, 3.05) is 0 Å². The molecule has 0 aromatic carbocycles. The summed E-state index contributed by atoms with van der Waals surface area (Å²) in [4.78, 5) is 38.4. The van der Waals surface area contributed by atoms with E-state index in [0.29, 0.717) is 12.1 Å². The van der Waals surface area contributed by atoms with Crippen LogP contribution in [0.5, 0.6) is 5.88 Å². The molecule has 2 aromatic heterocycles. The van der Waals surface area contributed by atoms with Crippen molar-refractivity contribution in [2.24, 2.45) is 19.2 Å². The number of thiophene rings is 1. The van der Waals surface area contributed by atoms with Crippen molar-refractivity contribution in [2.45, 2.75) is 26.3 Å². The molecule has 1 aliphatic rings. The average Bonchev–Trinajstić information content (AvgIpc) is 3.18. The molecule has 1 amide bonds. The van der Waals surface area contributed by atoms with Gasteiger partial charge in [-0.15, -0.1) is 11.3 Å². The molecule has 25 heavy (non-hydrogen) atoms. The van der Waals surface area contributed by atoms with Crippen molar-refractivity contribution < 1.29 is 9.90 Å². The van der Waals surface area contributed by atoms with Gasteiger partial charge in [0.25, 0.3) is 5.56 Å². The molecular formula is C16H18N4O4S. The fourth-order valence-electron chi connectivity index (χ4n) is 2.89. The third kappa shape index (κ3) is 2.70. The Kier molecular flexibility index (Phi) is 4.11. The second-order valence-corrected chi connectivity index (χ2v) is 7.30. The van der Waals surface area contributed by atoms with E-state index in [9.17, 15) is 19.5 Å². The van der Waals surface area contributed by atoms with Crippen LogP contribution in [-0.2, 0) is 18.9 Å². The molecule has 0 radical (unpaired) electrons. The van der Waals surface area contributed by atoms with Gasteiger partial charge in [-0.3, -0.25) is 18.7 Å². The van der Waals surface area contributed by atoms with Crippen LogP contribution in [0.15, 0.2) is 26.8 Å². The number of hydrogen-bond donors (Lipinski definition) is 1. The fraction of sp³-hybridized carbons (Fsp3) is 0.375. The highest BCUT2D eigenvalue weighted by Crippen LogP contribution is 2.36. The summed E-state index contributed by atoms with van der Waals surface area (Å²) in [6, 6.07) is 3.56. The van der Waals surface area contributed by atoms with Gasteiger partial charge >= 0.3 is 5.69 Å². The van der Waals surface area contributed by atoms with Gasteiger partial charge in [0, 0.05) is 37.2 Å². The number of nitrogens with zero attached hydrogens (tertiary/aromatic N) is 4. The summed E-state index contributed by atoms with van der Waals surface area (Å²) in [6.45, 7) is 3.37. The molecule has 0 fully saturated rings. The number of carbonyl (C=O) groups excluding carboxylic acids is 1. The first kappa shape index (κ1) is 17.2. The molecular weight excluding hydrogens is 344 g/mol. The van der Waals surface area contributed by atoms with E-state index < -0.39 is 17.1 Å². The zero-order valence-electron chi connectivity index (χ0n) is 14.3. The Labute approximate surface area is 147 Å². The molecule has 132 valence electrons. The molecule has 1 unspecified atom stereocenters. The molecule has 0 aliphatic carbocycles. The fourth-order valence-corrected chi connectivity index (χ4v) is 3.85. The highest BCUT2D eigenvalue weighted by Gasteiger charge is 2.35.